The number of carboxylic acid groups (broad SMARTS) is 1. The lowest BCUT2D eigenvalue weighted by Gasteiger charge is -2.32. The Balaban J connectivity index is 2.08. The molecule has 1 heterocycles. The molecule has 0 aliphatic carbocycles. The van der Waals surface area contributed by atoms with Gasteiger partial charge in [0.05, 0.1) is 6.04 Å². The summed E-state index contributed by atoms with van der Waals surface area (Å²) in [5.74, 6) is -2.21. The lowest BCUT2D eigenvalue weighted by Crippen LogP contribution is -2.39. The van der Waals surface area contributed by atoms with Gasteiger partial charge in [0.15, 0.2) is 0 Å². The third-order valence-corrected chi connectivity index (χ3v) is 5.34. The van der Waals surface area contributed by atoms with E-state index in [2.05, 4.69) is 0 Å². The molecular weight excluding hydrogens is 344 g/mol. The minimum Gasteiger partial charge on any atom is -0.480 e. The predicted octanol–water partition coefficient (Wildman–Crippen LogP) is 4.33. The van der Waals surface area contributed by atoms with Crippen molar-refractivity contribution in [2.24, 2.45) is 0 Å². The van der Waals surface area contributed by atoms with Gasteiger partial charge in [0, 0.05) is 23.1 Å². The van der Waals surface area contributed by atoms with Crippen LogP contribution in [0.5, 0.6) is 0 Å². The first-order valence-corrected chi connectivity index (χ1v) is 9.31. The van der Waals surface area contributed by atoms with Crippen LogP contribution in [0, 0.1) is 11.6 Å². The summed E-state index contributed by atoms with van der Waals surface area (Å²) in [6, 6.07) is 9.88. The van der Waals surface area contributed by atoms with Crippen LogP contribution in [0.25, 0.3) is 0 Å². The second kappa shape index (κ2) is 7.54. The van der Waals surface area contributed by atoms with Crippen LogP contribution in [0.15, 0.2) is 47.4 Å². The van der Waals surface area contributed by atoms with E-state index in [0.717, 1.165) is 22.9 Å². The summed E-state index contributed by atoms with van der Waals surface area (Å²) >= 11 is 1.60. The Morgan fingerprint density at radius 3 is 2.56 bits per heavy atom. The maximum absolute atomic E-state index is 14.5. The highest BCUT2D eigenvalue weighted by molar-refractivity contribution is 7.98. The lowest BCUT2D eigenvalue weighted by atomic mass is 9.95. The fraction of sp³-hybridized carbons (Fsp3) is 0.316. The monoisotopic (exact) mass is 363 g/mol. The summed E-state index contributed by atoms with van der Waals surface area (Å²) < 4.78 is 27.8. The van der Waals surface area contributed by atoms with Gasteiger partial charge in [0.2, 0.25) is 0 Å². The second-order valence-electron chi connectivity index (χ2n) is 6.08. The number of benzene rings is 2. The molecular formula is C19H19F2NO2S. The molecule has 0 radical (unpaired) electrons. The van der Waals surface area contributed by atoms with Crippen LogP contribution in [-0.2, 0) is 4.79 Å². The predicted molar refractivity (Wildman–Crippen MR) is 93.8 cm³/mol. The zero-order valence-electron chi connectivity index (χ0n) is 13.8. The van der Waals surface area contributed by atoms with Crippen LogP contribution >= 0.6 is 11.8 Å². The molecule has 0 bridgehead atoms. The number of carboxylic acids is 1. The minimum atomic E-state index is -0.911. The molecule has 3 nitrogen and oxygen atoms in total. The number of nitrogens with zero attached hydrogens (tertiary/aromatic N) is 1. The van der Waals surface area contributed by atoms with Gasteiger partial charge in [-0.05, 0) is 42.9 Å². The smallest absolute Gasteiger partial charge is 0.320 e. The van der Waals surface area contributed by atoms with Crippen LogP contribution in [0.3, 0.4) is 0 Å². The zero-order valence-corrected chi connectivity index (χ0v) is 14.6. The third kappa shape index (κ3) is 3.70. The molecule has 0 aromatic heterocycles. The molecule has 0 saturated carbocycles. The number of halogens is 2. The minimum absolute atomic E-state index is 0.298. The fourth-order valence-corrected chi connectivity index (χ4v) is 3.83. The van der Waals surface area contributed by atoms with E-state index in [-0.39, 0.29) is 0 Å². The number of aliphatic carboxylic acids is 1. The normalized spacial score (nSPS) is 19.1. The highest BCUT2D eigenvalue weighted by Crippen LogP contribution is 2.36. The molecule has 6 heteroatoms. The molecule has 2 atom stereocenters. The molecule has 1 aliphatic rings. The molecule has 3 rings (SSSR count). The first-order chi connectivity index (χ1) is 12.0. The summed E-state index contributed by atoms with van der Waals surface area (Å²) in [4.78, 5) is 14.5. The molecule has 0 amide bonds. The van der Waals surface area contributed by atoms with Gasteiger partial charge < -0.3 is 5.11 Å². The average Bonchev–Trinajstić information content (AvgIpc) is 3.07. The topological polar surface area (TPSA) is 40.5 Å². The van der Waals surface area contributed by atoms with Gasteiger partial charge >= 0.3 is 5.97 Å². The van der Waals surface area contributed by atoms with Crippen molar-refractivity contribution in [3.8, 4) is 0 Å². The average molecular weight is 363 g/mol. The largest absolute Gasteiger partial charge is 0.480 e. The van der Waals surface area contributed by atoms with Crippen molar-refractivity contribution >= 4 is 17.7 Å². The summed E-state index contributed by atoms with van der Waals surface area (Å²) in [6.45, 7) is 0.558. The molecule has 2 aromatic rings. The van der Waals surface area contributed by atoms with E-state index in [0.29, 0.717) is 18.5 Å². The maximum atomic E-state index is 14.5. The SMILES string of the molecule is CSc1ccc(C(c2ccc(F)cc2F)N2CCCC2C(=O)O)cc1. The number of rotatable bonds is 5. The van der Waals surface area contributed by atoms with Crippen molar-refractivity contribution in [1.82, 2.24) is 4.90 Å². The Morgan fingerprint density at radius 1 is 1.24 bits per heavy atom. The van der Waals surface area contributed by atoms with Gasteiger partial charge in [-0.3, -0.25) is 9.69 Å². The zero-order chi connectivity index (χ0) is 18.0. The quantitative estimate of drug-likeness (QED) is 0.803. The standard InChI is InChI=1S/C19H19F2NO2S/c1-25-14-7-4-12(5-8-14)18(15-9-6-13(20)11-16(15)21)22-10-2-3-17(22)19(23)24/h4-9,11,17-18H,2-3,10H2,1H3,(H,23,24). The maximum Gasteiger partial charge on any atom is 0.320 e. The van der Waals surface area contributed by atoms with Crippen molar-refractivity contribution in [2.45, 2.75) is 29.8 Å². The van der Waals surface area contributed by atoms with E-state index < -0.39 is 29.7 Å². The molecule has 1 aliphatic heterocycles. The second-order valence-corrected chi connectivity index (χ2v) is 6.96. The van der Waals surface area contributed by atoms with Crippen molar-refractivity contribution < 1.29 is 18.7 Å². The van der Waals surface area contributed by atoms with Gasteiger partial charge in [0.1, 0.15) is 17.7 Å². The van der Waals surface area contributed by atoms with Crippen LogP contribution in [0.1, 0.15) is 30.0 Å². The first-order valence-electron chi connectivity index (χ1n) is 8.08. The van der Waals surface area contributed by atoms with E-state index in [1.54, 1.807) is 16.7 Å². The molecule has 25 heavy (non-hydrogen) atoms. The number of hydrogen-bond donors (Lipinski definition) is 1. The number of carbonyl (C=O) groups is 1. The summed E-state index contributed by atoms with van der Waals surface area (Å²) in [6.07, 6.45) is 3.23. The van der Waals surface area contributed by atoms with Crippen molar-refractivity contribution in [1.29, 1.82) is 0 Å². The Labute approximate surface area is 149 Å². The van der Waals surface area contributed by atoms with Crippen molar-refractivity contribution in [3.63, 3.8) is 0 Å². The van der Waals surface area contributed by atoms with Crippen LogP contribution in [0.4, 0.5) is 8.78 Å². The van der Waals surface area contributed by atoms with Gasteiger partial charge in [-0.25, -0.2) is 8.78 Å². The highest BCUT2D eigenvalue weighted by atomic mass is 32.2. The van der Waals surface area contributed by atoms with E-state index in [1.807, 2.05) is 30.5 Å². The Kier molecular flexibility index (Phi) is 5.39. The van der Waals surface area contributed by atoms with E-state index in [4.69, 9.17) is 0 Å². The molecule has 1 fully saturated rings. The van der Waals surface area contributed by atoms with Crippen LogP contribution < -0.4 is 0 Å². The first kappa shape index (κ1) is 17.9. The Hall–Kier alpha value is -1.92. The molecule has 0 spiro atoms. The van der Waals surface area contributed by atoms with E-state index in [9.17, 15) is 18.7 Å². The lowest BCUT2D eigenvalue weighted by molar-refractivity contribution is -0.142. The number of thioether (sulfide) groups is 1. The van der Waals surface area contributed by atoms with Crippen LogP contribution in [-0.4, -0.2) is 34.8 Å². The fourth-order valence-electron chi connectivity index (χ4n) is 3.42. The van der Waals surface area contributed by atoms with E-state index >= 15 is 0 Å². The summed E-state index contributed by atoms with van der Waals surface area (Å²) in [5, 5.41) is 9.52. The Morgan fingerprint density at radius 2 is 1.96 bits per heavy atom. The van der Waals surface area contributed by atoms with E-state index in [1.165, 1.54) is 12.1 Å². The molecule has 132 valence electrons. The van der Waals surface area contributed by atoms with Crippen LogP contribution in [0.2, 0.25) is 0 Å². The summed E-state index contributed by atoms with van der Waals surface area (Å²) in [7, 11) is 0. The Bertz CT molecular complexity index is 767. The molecule has 2 aromatic carbocycles. The van der Waals surface area contributed by atoms with Crippen molar-refractivity contribution in [2.75, 3.05) is 12.8 Å². The molecule has 2 unspecified atom stereocenters. The van der Waals surface area contributed by atoms with Gasteiger partial charge in [-0.1, -0.05) is 18.2 Å². The van der Waals surface area contributed by atoms with Gasteiger partial charge in [-0.15, -0.1) is 11.8 Å². The molecule has 1 saturated heterocycles. The summed E-state index contributed by atoms with van der Waals surface area (Å²) in [5.41, 5.74) is 1.10. The molecule has 1 N–H and O–H groups in total. The van der Waals surface area contributed by atoms with Crippen molar-refractivity contribution in [3.05, 3.63) is 65.2 Å². The number of hydrogen-bond acceptors (Lipinski definition) is 3. The van der Waals surface area contributed by atoms with Gasteiger partial charge in [-0.2, -0.15) is 0 Å². The highest BCUT2D eigenvalue weighted by Gasteiger charge is 2.37. The van der Waals surface area contributed by atoms with Gasteiger partial charge in [0.25, 0.3) is 0 Å². The third-order valence-electron chi connectivity index (χ3n) is 4.60. The number of likely N-dealkylation sites (tertiary alicyclic amines) is 1.